The summed E-state index contributed by atoms with van der Waals surface area (Å²) in [5.74, 6) is 0.0100. The van der Waals surface area contributed by atoms with Crippen LogP contribution in [0.1, 0.15) is 19.4 Å². The molecule has 2 aromatic carbocycles. The van der Waals surface area contributed by atoms with Crippen LogP contribution >= 0.6 is 0 Å². The molecule has 0 saturated carbocycles. The maximum Gasteiger partial charge on any atom is 0.222 e. The van der Waals surface area contributed by atoms with Crippen molar-refractivity contribution in [1.82, 2.24) is 15.1 Å². The molecule has 24 heavy (non-hydrogen) atoms. The minimum Gasteiger partial charge on any atom is -0.352 e. The first-order valence-corrected chi connectivity index (χ1v) is 8.12. The predicted octanol–water partition coefficient (Wildman–Crippen LogP) is 3.81. The summed E-state index contributed by atoms with van der Waals surface area (Å²) in [5.41, 5.74) is 3.93. The zero-order valence-electron chi connectivity index (χ0n) is 13.9. The molecule has 0 saturated heterocycles. The van der Waals surface area contributed by atoms with Gasteiger partial charge in [-0.3, -0.25) is 4.79 Å². The number of benzene rings is 2. The molecule has 0 aliphatic carbocycles. The van der Waals surface area contributed by atoms with Crippen LogP contribution in [0.4, 0.5) is 0 Å². The van der Waals surface area contributed by atoms with E-state index in [1.807, 2.05) is 85.4 Å². The monoisotopic (exact) mass is 319 g/mol. The van der Waals surface area contributed by atoms with E-state index in [0.29, 0.717) is 6.54 Å². The second-order valence-corrected chi connectivity index (χ2v) is 6.02. The lowest BCUT2D eigenvalue weighted by atomic mass is 10.1. The highest BCUT2D eigenvalue weighted by Gasteiger charge is 2.14. The van der Waals surface area contributed by atoms with Gasteiger partial charge in [0.2, 0.25) is 5.91 Å². The van der Waals surface area contributed by atoms with Gasteiger partial charge in [-0.1, -0.05) is 62.4 Å². The molecule has 0 aliphatic heterocycles. The van der Waals surface area contributed by atoms with Crippen LogP contribution in [0.5, 0.6) is 0 Å². The Kier molecular flexibility index (Phi) is 4.75. The van der Waals surface area contributed by atoms with E-state index in [2.05, 4.69) is 5.32 Å². The van der Waals surface area contributed by atoms with Crippen LogP contribution in [-0.4, -0.2) is 15.7 Å². The van der Waals surface area contributed by atoms with Crippen molar-refractivity contribution < 1.29 is 4.79 Å². The van der Waals surface area contributed by atoms with E-state index in [9.17, 15) is 4.79 Å². The number of para-hydroxylation sites is 1. The summed E-state index contributed by atoms with van der Waals surface area (Å²) in [5, 5.41) is 7.72. The molecule has 4 nitrogen and oxygen atoms in total. The Hall–Kier alpha value is -2.88. The van der Waals surface area contributed by atoms with Gasteiger partial charge < -0.3 is 5.32 Å². The standard InChI is InChI=1S/C20H21N3O/c1-15(2)20(24)21-13-17-14-23(18-11-7-4-8-12-18)22-19(17)16-9-5-3-6-10-16/h3-12,14-15H,13H2,1-2H3,(H,21,24). The van der Waals surface area contributed by atoms with Crippen molar-refractivity contribution in [2.24, 2.45) is 5.92 Å². The molecule has 1 heterocycles. The first-order valence-electron chi connectivity index (χ1n) is 8.12. The first kappa shape index (κ1) is 16.0. The van der Waals surface area contributed by atoms with E-state index in [-0.39, 0.29) is 11.8 Å². The van der Waals surface area contributed by atoms with Crippen LogP contribution in [0, 0.1) is 5.92 Å². The quantitative estimate of drug-likeness (QED) is 0.777. The molecule has 1 aromatic heterocycles. The Labute approximate surface area is 142 Å². The highest BCUT2D eigenvalue weighted by Crippen LogP contribution is 2.23. The number of rotatable bonds is 5. The topological polar surface area (TPSA) is 46.9 Å². The molecule has 3 aromatic rings. The van der Waals surface area contributed by atoms with Crippen molar-refractivity contribution in [3.8, 4) is 16.9 Å². The Balaban J connectivity index is 1.96. The van der Waals surface area contributed by atoms with E-state index in [1.165, 1.54) is 0 Å². The number of nitrogens with one attached hydrogen (secondary N) is 1. The van der Waals surface area contributed by atoms with E-state index in [4.69, 9.17) is 5.10 Å². The van der Waals surface area contributed by atoms with Gasteiger partial charge in [0.15, 0.2) is 0 Å². The molecule has 0 radical (unpaired) electrons. The third-order valence-corrected chi connectivity index (χ3v) is 3.84. The summed E-state index contributed by atoms with van der Waals surface area (Å²) in [7, 11) is 0. The second kappa shape index (κ2) is 7.13. The molecular formula is C20H21N3O. The summed E-state index contributed by atoms with van der Waals surface area (Å²) in [4.78, 5) is 11.9. The average molecular weight is 319 g/mol. The molecular weight excluding hydrogens is 298 g/mol. The number of amides is 1. The predicted molar refractivity (Wildman–Crippen MR) is 95.7 cm³/mol. The van der Waals surface area contributed by atoms with Crippen LogP contribution in [0.2, 0.25) is 0 Å². The van der Waals surface area contributed by atoms with Gasteiger partial charge in [-0.2, -0.15) is 5.10 Å². The van der Waals surface area contributed by atoms with Gasteiger partial charge in [0.1, 0.15) is 0 Å². The smallest absolute Gasteiger partial charge is 0.222 e. The largest absolute Gasteiger partial charge is 0.352 e. The molecule has 0 atom stereocenters. The molecule has 1 amide bonds. The van der Waals surface area contributed by atoms with Crippen molar-refractivity contribution in [2.45, 2.75) is 20.4 Å². The van der Waals surface area contributed by atoms with Crippen LogP contribution in [0.15, 0.2) is 66.9 Å². The maximum absolute atomic E-state index is 11.9. The van der Waals surface area contributed by atoms with Gasteiger partial charge in [-0.25, -0.2) is 4.68 Å². The SMILES string of the molecule is CC(C)C(=O)NCc1cn(-c2ccccc2)nc1-c1ccccc1. The highest BCUT2D eigenvalue weighted by molar-refractivity contribution is 5.78. The van der Waals surface area contributed by atoms with Crippen molar-refractivity contribution in [3.63, 3.8) is 0 Å². The summed E-state index contributed by atoms with van der Waals surface area (Å²) in [6, 6.07) is 20.0. The van der Waals surface area contributed by atoms with Crippen LogP contribution < -0.4 is 5.32 Å². The van der Waals surface area contributed by atoms with Gasteiger partial charge in [0, 0.05) is 29.8 Å². The second-order valence-electron chi connectivity index (χ2n) is 6.02. The van der Waals surface area contributed by atoms with Crippen LogP contribution in [0.25, 0.3) is 16.9 Å². The lowest BCUT2D eigenvalue weighted by Gasteiger charge is -2.07. The van der Waals surface area contributed by atoms with Gasteiger partial charge in [-0.05, 0) is 12.1 Å². The first-order chi connectivity index (χ1) is 11.6. The molecule has 3 rings (SSSR count). The fourth-order valence-corrected chi connectivity index (χ4v) is 2.48. The van der Waals surface area contributed by atoms with Gasteiger partial charge in [0.25, 0.3) is 0 Å². The minimum absolute atomic E-state index is 0.0330. The Morgan fingerprint density at radius 3 is 2.29 bits per heavy atom. The Morgan fingerprint density at radius 1 is 1.04 bits per heavy atom. The zero-order valence-corrected chi connectivity index (χ0v) is 13.9. The average Bonchev–Trinajstić information content (AvgIpc) is 3.05. The summed E-state index contributed by atoms with van der Waals surface area (Å²) >= 11 is 0. The van der Waals surface area contributed by atoms with Gasteiger partial charge >= 0.3 is 0 Å². The third kappa shape index (κ3) is 3.54. The van der Waals surface area contributed by atoms with Crippen molar-refractivity contribution in [2.75, 3.05) is 0 Å². The lowest BCUT2D eigenvalue weighted by Crippen LogP contribution is -2.27. The lowest BCUT2D eigenvalue weighted by molar-refractivity contribution is -0.124. The molecule has 0 bridgehead atoms. The summed E-state index contributed by atoms with van der Waals surface area (Å²) in [6.07, 6.45) is 1.98. The number of carbonyl (C=O) groups excluding carboxylic acids is 1. The number of aromatic nitrogens is 2. The molecule has 122 valence electrons. The molecule has 4 heteroatoms. The van der Waals surface area contributed by atoms with Gasteiger partial charge in [0.05, 0.1) is 11.4 Å². The summed E-state index contributed by atoms with van der Waals surface area (Å²) in [6.45, 7) is 4.25. The van der Waals surface area contributed by atoms with Crippen LogP contribution in [-0.2, 0) is 11.3 Å². The molecule has 0 fully saturated rings. The zero-order chi connectivity index (χ0) is 16.9. The third-order valence-electron chi connectivity index (χ3n) is 3.84. The molecule has 0 unspecified atom stereocenters. The number of nitrogens with zero attached hydrogens (tertiary/aromatic N) is 2. The van der Waals surface area contributed by atoms with Crippen molar-refractivity contribution in [3.05, 3.63) is 72.4 Å². The Bertz CT molecular complexity index is 807. The number of hydrogen-bond acceptors (Lipinski definition) is 2. The highest BCUT2D eigenvalue weighted by atomic mass is 16.1. The normalized spacial score (nSPS) is 10.8. The fraction of sp³-hybridized carbons (Fsp3) is 0.200. The van der Waals surface area contributed by atoms with E-state index < -0.39 is 0 Å². The molecule has 0 spiro atoms. The maximum atomic E-state index is 11.9. The van der Waals surface area contributed by atoms with E-state index in [0.717, 1.165) is 22.5 Å². The Morgan fingerprint density at radius 2 is 1.67 bits per heavy atom. The number of carbonyl (C=O) groups is 1. The minimum atomic E-state index is -0.0330. The van der Waals surface area contributed by atoms with E-state index in [1.54, 1.807) is 0 Å². The summed E-state index contributed by atoms with van der Waals surface area (Å²) < 4.78 is 1.86. The van der Waals surface area contributed by atoms with Crippen molar-refractivity contribution >= 4 is 5.91 Å². The van der Waals surface area contributed by atoms with Crippen molar-refractivity contribution in [1.29, 1.82) is 0 Å². The van der Waals surface area contributed by atoms with Gasteiger partial charge in [-0.15, -0.1) is 0 Å². The van der Waals surface area contributed by atoms with Crippen LogP contribution in [0.3, 0.4) is 0 Å². The molecule has 0 aliphatic rings. The molecule has 1 N–H and O–H groups in total. The number of hydrogen-bond donors (Lipinski definition) is 1. The fourth-order valence-electron chi connectivity index (χ4n) is 2.48. The van der Waals surface area contributed by atoms with E-state index >= 15 is 0 Å².